The van der Waals surface area contributed by atoms with E-state index in [1.165, 1.54) is 0 Å². The van der Waals surface area contributed by atoms with Crippen molar-refractivity contribution in [1.29, 1.82) is 0 Å². The fourth-order valence-corrected chi connectivity index (χ4v) is 3.51. The van der Waals surface area contributed by atoms with E-state index in [-0.39, 0.29) is 11.7 Å². The van der Waals surface area contributed by atoms with Crippen molar-refractivity contribution in [1.82, 2.24) is 4.98 Å². The van der Waals surface area contributed by atoms with Gasteiger partial charge in [0, 0.05) is 34.7 Å². The summed E-state index contributed by atoms with van der Waals surface area (Å²) in [6.07, 6.45) is 8.49. The summed E-state index contributed by atoms with van der Waals surface area (Å²) >= 11 is 0. The first-order valence-electron chi connectivity index (χ1n) is 8.32. The zero-order valence-corrected chi connectivity index (χ0v) is 13.9. The van der Waals surface area contributed by atoms with E-state index < -0.39 is 0 Å². The number of hydroxylamine groups is 1. The maximum Gasteiger partial charge on any atom is 0.189 e. The van der Waals surface area contributed by atoms with Gasteiger partial charge in [-0.25, -0.2) is 4.74 Å². The lowest BCUT2D eigenvalue weighted by Gasteiger charge is -2.25. The topological polar surface area (TPSA) is 65.3 Å². The largest absolute Gasteiger partial charge is 0.624 e. The van der Waals surface area contributed by atoms with Gasteiger partial charge < -0.3 is 9.94 Å². The van der Waals surface area contributed by atoms with Crippen molar-refractivity contribution < 1.29 is 14.3 Å². The van der Waals surface area contributed by atoms with Crippen molar-refractivity contribution in [2.75, 3.05) is 13.7 Å². The minimum Gasteiger partial charge on any atom is -0.624 e. The van der Waals surface area contributed by atoms with Gasteiger partial charge >= 0.3 is 0 Å². The van der Waals surface area contributed by atoms with Crippen LogP contribution in [0.15, 0.2) is 53.8 Å². The molecule has 5 heteroatoms. The third-order valence-corrected chi connectivity index (χ3v) is 4.89. The molecule has 0 N–H and O–H groups in total. The van der Waals surface area contributed by atoms with E-state index in [4.69, 9.17) is 4.74 Å². The van der Waals surface area contributed by atoms with Crippen molar-refractivity contribution in [2.45, 2.75) is 12.8 Å². The molecule has 1 aliphatic heterocycles. The number of rotatable bonds is 3. The van der Waals surface area contributed by atoms with Gasteiger partial charge in [0.2, 0.25) is 0 Å². The van der Waals surface area contributed by atoms with Crippen molar-refractivity contribution in [3.63, 3.8) is 0 Å². The van der Waals surface area contributed by atoms with Crippen molar-refractivity contribution >= 4 is 22.9 Å². The summed E-state index contributed by atoms with van der Waals surface area (Å²) in [5, 5.41) is 12.3. The van der Waals surface area contributed by atoms with Crippen LogP contribution >= 0.6 is 0 Å². The number of methoxy groups -OCH3 is 1. The average Bonchev–Trinajstić information content (AvgIpc) is 2.66. The molecule has 4 rings (SSSR count). The molecule has 126 valence electrons. The molecule has 5 nitrogen and oxygen atoms in total. The fraction of sp³-hybridized carbons (Fsp3) is 0.250. The van der Waals surface area contributed by atoms with E-state index >= 15 is 0 Å². The van der Waals surface area contributed by atoms with E-state index in [0.29, 0.717) is 24.3 Å². The number of ether oxygens (including phenoxy) is 1. The van der Waals surface area contributed by atoms with Crippen LogP contribution in [0.4, 0.5) is 0 Å². The smallest absolute Gasteiger partial charge is 0.189 e. The molecule has 25 heavy (non-hydrogen) atoms. The summed E-state index contributed by atoms with van der Waals surface area (Å²) in [5.74, 6) is 0.962. The highest BCUT2D eigenvalue weighted by molar-refractivity contribution is 6.16. The highest BCUT2D eigenvalue weighted by Gasteiger charge is 2.28. The Morgan fingerprint density at radius 1 is 1.32 bits per heavy atom. The molecule has 2 aromatic rings. The van der Waals surface area contributed by atoms with Crippen LogP contribution in [0.1, 0.15) is 23.2 Å². The molecular formula is C20H18N2O3. The Kier molecular flexibility index (Phi) is 3.84. The number of hydrogen-bond donors (Lipinski definition) is 0. The van der Waals surface area contributed by atoms with E-state index in [2.05, 4.69) is 4.98 Å². The second-order valence-electron chi connectivity index (χ2n) is 6.39. The zero-order chi connectivity index (χ0) is 17.4. The first kappa shape index (κ1) is 15.6. The standard InChI is InChI=1S/C20H18N2O3/c1-25-16-4-5-19-18(11-16)17(6-8-21-19)20(23)14-2-3-15-12-22(24)9-7-13(15)10-14/h2-6,8,11-13H,7,9-10H2,1H3/t13-/m1/s1. The Bertz CT molecular complexity index is 957. The fourth-order valence-electron chi connectivity index (χ4n) is 3.51. The molecule has 1 atom stereocenters. The zero-order valence-electron chi connectivity index (χ0n) is 13.9. The van der Waals surface area contributed by atoms with Crippen molar-refractivity contribution in [2.24, 2.45) is 5.92 Å². The number of allylic oxidation sites excluding steroid dienone is 4. The summed E-state index contributed by atoms with van der Waals surface area (Å²) in [6, 6.07) is 7.31. The summed E-state index contributed by atoms with van der Waals surface area (Å²) in [4.78, 5) is 17.4. The van der Waals surface area contributed by atoms with Crippen molar-refractivity contribution in [3.8, 4) is 5.75 Å². The highest BCUT2D eigenvalue weighted by atomic mass is 16.5. The van der Waals surface area contributed by atoms with Gasteiger partial charge in [-0.2, -0.15) is 0 Å². The predicted molar refractivity (Wildman–Crippen MR) is 96.1 cm³/mol. The summed E-state index contributed by atoms with van der Waals surface area (Å²) < 4.78 is 6.25. The van der Waals surface area contributed by atoms with Gasteiger partial charge in [-0.3, -0.25) is 9.78 Å². The lowest BCUT2D eigenvalue weighted by molar-refractivity contribution is -0.457. The molecular weight excluding hydrogens is 316 g/mol. The second kappa shape index (κ2) is 6.16. The number of Topliss-reactive ketones (excluding diaryl/α,β-unsaturated/α-hetero) is 1. The van der Waals surface area contributed by atoms with Crippen LogP contribution < -0.4 is 4.74 Å². The minimum absolute atomic E-state index is 0.0144. The van der Waals surface area contributed by atoms with Gasteiger partial charge in [-0.05, 0) is 36.6 Å². The van der Waals surface area contributed by atoms with Gasteiger partial charge in [-0.15, -0.1) is 0 Å². The van der Waals surface area contributed by atoms with Crippen LogP contribution in [-0.2, 0) is 0 Å². The Balaban J connectivity index is 1.74. The molecule has 0 radical (unpaired) electrons. The van der Waals surface area contributed by atoms with Crippen LogP contribution in [0.25, 0.3) is 10.9 Å². The number of fused-ring (bicyclic) bond motifs is 2. The number of aromatic nitrogens is 1. The molecule has 0 saturated heterocycles. The quantitative estimate of drug-likeness (QED) is 0.491. The Hall–Kier alpha value is -2.95. The summed E-state index contributed by atoms with van der Waals surface area (Å²) in [7, 11) is 1.61. The third kappa shape index (κ3) is 2.82. The Morgan fingerprint density at radius 3 is 3.04 bits per heavy atom. The van der Waals surface area contributed by atoms with Crippen LogP contribution in [0, 0.1) is 11.1 Å². The summed E-state index contributed by atoms with van der Waals surface area (Å²) in [5.41, 5.74) is 3.19. The number of pyridine rings is 1. The monoisotopic (exact) mass is 334 g/mol. The second-order valence-corrected chi connectivity index (χ2v) is 6.39. The first-order valence-corrected chi connectivity index (χ1v) is 8.32. The highest BCUT2D eigenvalue weighted by Crippen LogP contribution is 2.32. The number of carbonyl (C=O) groups excluding carboxylic acids is 1. The minimum atomic E-state index is 0.0144. The Labute approximate surface area is 145 Å². The van der Waals surface area contributed by atoms with E-state index in [0.717, 1.165) is 33.2 Å². The third-order valence-electron chi connectivity index (χ3n) is 4.89. The normalized spacial score (nSPS) is 19.6. The molecule has 0 spiro atoms. The molecule has 0 fully saturated rings. The molecule has 0 amide bonds. The predicted octanol–water partition coefficient (Wildman–Crippen LogP) is 3.28. The number of ketones is 1. The average molecular weight is 334 g/mol. The molecule has 1 aliphatic carbocycles. The molecule has 0 bridgehead atoms. The van der Waals surface area contributed by atoms with E-state index in [1.807, 2.05) is 30.4 Å². The maximum absolute atomic E-state index is 13.1. The van der Waals surface area contributed by atoms with Crippen LogP contribution in [0.5, 0.6) is 5.75 Å². The van der Waals surface area contributed by atoms with Gasteiger partial charge in [0.15, 0.2) is 18.5 Å². The molecule has 1 aromatic heterocycles. The van der Waals surface area contributed by atoms with Gasteiger partial charge in [-0.1, -0.05) is 12.2 Å². The Morgan fingerprint density at radius 2 is 2.20 bits per heavy atom. The van der Waals surface area contributed by atoms with Gasteiger partial charge in [0.05, 0.1) is 12.6 Å². The van der Waals surface area contributed by atoms with Crippen LogP contribution in [-0.4, -0.2) is 35.4 Å². The lowest BCUT2D eigenvalue weighted by Crippen LogP contribution is -2.25. The lowest BCUT2D eigenvalue weighted by atomic mass is 9.81. The first-order chi connectivity index (χ1) is 12.2. The van der Waals surface area contributed by atoms with Crippen molar-refractivity contribution in [3.05, 3.63) is 64.5 Å². The SMILES string of the molecule is COc1ccc2nccc(C(=O)C3=CC=C4C=[N+]([O-])CC[C@@H]4C3)c2c1. The molecule has 0 saturated carbocycles. The number of benzene rings is 1. The van der Waals surface area contributed by atoms with E-state index in [1.54, 1.807) is 25.6 Å². The molecule has 2 heterocycles. The molecule has 1 aromatic carbocycles. The summed E-state index contributed by atoms with van der Waals surface area (Å²) in [6.45, 7) is 0.485. The van der Waals surface area contributed by atoms with Gasteiger partial charge in [0.1, 0.15) is 5.75 Å². The maximum atomic E-state index is 13.1. The number of carbonyl (C=O) groups is 1. The molecule has 0 unspecified atom stereocenters. The van der Waals surface area contributed by atoms with Gasteiger partial charge in [0.25, 0.3) is 0 Å². The number of hydrogen-bond acceptors (Lipinski definition) is 4. The van der Waals surface area contributed by atoms with Crippen LogP contribution in [0.3, 0.4) is 0 Å². The van der Waals surface area contributed by atoms with E-state index in [9.17, 15) is 10.0 Å². The number of nitrogens with zero attached hydrogens (tertiary/aromatic N) is 2. The molecule has 2 aliphatic rings. The van der Waals surface area contributed by atoms with Crippen LogP contribution in [0.2, 0.25) is 0 Å².